The van der Waals surface area contributed by atoms with Crippen molar-refractivity contribution in [1.82, 2.24) is 4.90 Å². The number of fused-ring (bicyclic) bond motifs is 1. The summed E-state index contributed by atoms with van der Waals surface area (Å²) in [5.74, 6) is 1.12. The lowest BCUT2D eigenvalue weighted by molar-refractivity contribution is 0.0779. The highest BCUT2D eigenvalue weighted by Crippen LogP contribution is 2.37. The fourth-order valence-corrected chi connectivity index (χ4v) is 3.50. The van der Waals surface area contributed by atoms with Crippen molar-refractivity contribution in [3.8, 4) is 0 Å². The second-order valence-electron chi connectivity index (χ2n) is 6.01. The van der Waals surface area contributed by atoms with Crippen LogP contribution in [0.2, 0.25) is 0 Å². The molecule has 2 N–H and O–H groups in total. The molecule has 2 aliphatic rings. The maximum Gasteiger partial charge on any atom is 0.253 e. The van der Waals surface area contributed by atoms with Crippen molar-refractivity contribution in [2.45, 2.75) is 25.8 Å². The van der Waals surface area contributed by atoms with Gasteiger partial charge in [0.25, 0.3) is 5.91 Å². The quantitative estimate of drug-likeness (QED) is 0.851. The third-order valence-electron chi connectivity index (χ3n) is 4.74. The standard InChI is InChI=1S/C16H20N2O2.ClH/c1-10(19)11-2-4-12(5-3-11)16(20)18-8-13-6-7-15(17)14(13)9-18;/h2-5,13-15H,6-9,17H2,1H3;1H. The number of halogens is 1. The molecule has 3 rings (SSSR count). The first-order valence-electron chi connectivity index (χ1n) is 7.22. The minimum absolute atomic E-state index is 0. The first kappa shape index (κ1) is 16.0. The smallest absolute Gasteiger partial charge is 0.253 e. The van der Waals surface area contributed by atoms with Gasteiger partial charge in [-0.3, -0.25) is 9.59 Å². The zero-order chi connectivity index (χ0) is 14.3. The number of Topliss-reactive ketones (excluding diaryl/α,β-unsaturated/α-hetero) is 1. The summed E-state index contributed by atoms with van der Waals surface area (Å²) >= 11 is 0. The summed E-state index contributed by atoms with van der Waals surface area (Å²) in [4.78, 5) is 25.6. The van der Waals surface area contributed by atoms with Gasteiger partial charge in [-0.25, -0.2) is 0 Å². The number of amides is 1. The zero-order valence-electron chi connectivity index (χ0n) is 12.1. The van der Waals surface area contributed by atoms with E-state index in [-0.39, 0.29) is 30.1 Å². The van der Waals surface area contributed by atoms with Gasteiger partial charge in [-0.2, -0.15) is 0 Å². The number of nitrogens with two attached hydrogens (primary N) is 1. The largest absolute Gasteiger partial charge is 0.338 e. The summed E-state index contributed by atoms with van der Waals surface area (Å²) in [5.41, 5.74) is 7.40. The molecule has 1 aromatic rings. The number of ketones is 1. The Morgan fingerprint density at radius 3 is 2.29 bits per heavy atom. The van der Waals surface area contributed by atoms with Crippen molar-refractivity contribution in [1.29, 1.82) is 0 Å². The van der Waals surface area contributed by atoms with Gasteiger partial charge in [-0.05, 0) is 43.7 Å². The second kappa shape index (κ2) is 6.16. The van der Waals surface area contributed by atoms with Crippen molar-refractivity contribution in [3.05, 3.63) is 35.4 Å². The molecule has 4 nitrogen and oxygen atoms in total. The normalized spacial score (nSPS) is 27.1. The highest BCUT2D eigenvalue weighted by atomic mass is 35.5. The van der Waals surface area contributed by atoms with Crippen LogP contribution >= 0.6 is 12.4 Å². The first-order valence-corrected chi connectivity index (χ1v) is 7.22. The van der Waals surface area contributed by atoms with Crippen molar-refractivity contribution in [3.63, 3.8) is 0 Å². The Labute approximate surface area is 131 Å². The minimum atomic E-state index is 0. The fourth-order valence-electron chi connectivity index (χ4n) is 3.50. The van der Waals surface area contributed by atoms with Crippen LogP contribution in [-0.4, -0.2) is 35.7 Å². The molecule has 114 valence electrons. The molecule has 1 aliphatic heterocycles. The van der Waals surface area contributed by atoms with Gasteiger partial charge < -0.3 is 10.6 Å². The van der Waals surface area contributed by atoms with Gasteiger partial charge in [0.2, 0.25) is 0 Å². The van der Waals surface area contributed by atoms with Gasteiger partial charge in [-0.1, -0.05) is 12.1 Å². The van der Waals surface area contributed by atoms with Gasteiger partial charge in [-0.15, -0.1) is 12.4 Å². The lowest BCUT2D eigenvalue weighted by Crippen LogP contribution is -2.33. The number of rotatable bonds is 2. The Balaban J connectivity index is 0.00000161. The van der Waals surface area contributed by atoms with Crippen LogP contribution in [-0.2, 0) is 0 Å². The Bertz CT molecular complexity index is 544. The van der Waals surface area contributed by atoms with Crippen molar-refractivity contribution < 1.29 is 9.59 Å². The second-order valence-corrected chi connectivity index (χ2v) is 6.01. The molecular formula is C16H21ClN2O2. The van der Waals surface area contributed by atoms with Crippen LogP contribution in [0.5, 0.6) is 0 Å². The Kier molecular flexibility index (Phi) is 4.69. The maximum atomic E-state index is 12.5. The Morgan fingerprint density at radius 1 is 1.10 bits per heavy atom. The SMILES string of the molecule is CC(=O)c1ccc(C(=O)N2CC3CCC(N)C3C2)cc1.Cl. The van der Waals surface area contributed by atoms with Crippen LogP contribution in [0.1, 0.15) is 40.5 Å². The summed E-state index contributed by atoms with van der Waals surface area (Å²) in [6.45, 7) is 3.13. The predicted molar refractivity (Wildman–Crippen MR) is 83.8 cm³/mol. The molecule has 21 heavy (non-hydrogen) atoms. The molecule has 1 saturated carbocycles. The molecule has 3 unspecified atom stereocenters. The summed E-state index contributed by atoms with van der Waals surface area (Å²) in [7, 11) is 0. The summed E-state index contributed by atoms with van der Waals surface area (Å²) < 4.78 is 0. The molecule has 1 aliphatic carbocycles. The topological polar surface area (TPSA) is 63.4 Å². The average Bonchev–Trinajstić information content (AvgIpc) is 3.01. The molecule has 2 fully saturated rings. The number of carbonyl (C=O) groups is 2. The van der Waals surface area contributed by atoms with Crippen LogP contribution in [0.3, 0.4) is 0 Å². The highest BCUT2D eigenvalue weighted by Gasteiger charge is 2.42. The van der Waals surface area contributed by atoms with E-state index in [2.05, 4.69) is 0 Å². The fraction of sp³-hybridized carbons (Fsp3) is 0.500. The van der Waals surface area contributed by atoms with E-state index in [1.165, 1.54) is 6.92 Å². The monoisotopic (exact) mass is 308 g/mol. The molecule has 3 atom stereocenters. The minimum Gasteiger partial charge on any atom is -0.338 e. The van der Waals surface area contributed by atoms with E-state index >= 15 is 0 Å². The predicted octanol–water partition coefficient (Wildman–Crippen LogP) is 2.12. The molecule has 0 radical (unpaired) electrons. The first-order chi connectivity index (χ1) is 9.56. The van der Waals surface area contributed by atoms with E-state index < -0.39 is 0 Å². The van der Waals surface area contributed by atoms with E-state index in [9.17, 15) is 9.59 Å². The lowest BCUT2D eigenvalue weighted by Gasteiger charge is -2.18. The van der Waals surface area contributed by atoms with Crippen LogP contribution in [0.15, 0.2) is 24.3 Å². The number of likely N-dealkylation sites (tertiary alicyclic amines) is 1. The Hall–Kier alpha value is -1.39. The van der Waals surface area contributed by atoms with Crippen molar-refractivity contribution in [2.24, 2.45) is 17.6 Å². The van der Waals surface area contributed by atoms with Crippen LogP contribution < -0.4 is 5.73 Å². The molecule has 5 heteroatoms. The highest BCUT2D eigenvalue weighted by molar-refractivity contribution is 5.97. The van der Waals surface area contributed by atoms with Crippen LogP contribution in [0.4, 0.5) is 0 Å². The van der Waals surface area contributed by atoms with E-state index in [1.54, 1.807) is 24.3 Å². The van der Waals surface area contributed by atoms with E-state index in [0.29, 0.717) is 23.0 Å². The van der Waals surface area contributed by atoms with E-state index in [1.807, 2.05) is 4.90 Å². The molecule has 1 aromatic carbocycles. The lowest BCUT2D eigenvalue weighted by atomic mass is 9.98. The Morgan fingerprint density at radius 2 is 1.71 bits per heavy atom. The third-order valence-corrected chi connectivity index (χ3v) is 4.74. The average molecular weight is 309 g/mol. The molecule has 1 saturated heterocycles. The molecular weight excluding hydrogens is 288 g/mol. The van der Waals surface area contributed by atoms with Gasteiger partial charge in [0.05, 0.1) is 0 Å². The number of nitrogens with zero attached hydrogens (tertiary/aromatic N) is 1. The van der Waals surface area contributed by atoms with Crippen molar-refractivity contribution in [2.75, 3.05) is 13.1 Å². The number of hydrogen-bond acceptors (Lipinski definition) is 3. The maximum absolute atomic E-state index is 12.5. The summed E-state index contributed by atoms with van der Waals surface area (Å²) in [6.07, 6.45) is 2.23. The van der Waals surface area contributed by atoms with Gasteiger partial charge in [0.15, 0.2) is 5.78 Å². The van der Waals surface area contributed by atoms with Crippen LogP contribution in [0, 0.1) is 11.8 Å². The summed E-state index contributed by atoms with van der Waals surface area (Å²) in [5, 5.41) is 0. The van der Waals surface area contributed by atoms with Crippen LogP contribution in [0.25, 0.3) is 0 Å². The molecule has 0 bridgehead atoms. The number of benzene rings is 1. The molecule has 1 heterocycles. The van der Waals surface area contributed by atoms with Gasteiger partial charge in [0, 0.05) is 30.3 Å². The van der Waals surface area contributed by atoms with E-state index in [0.717, 1.165) is 25.9 Å². The zero-order valence-corrected chi connectivity index (χ0v) is 12.9. The van der Waals surface area contributed by atoms with E-state index in [4.69, 9.17) is 5.73 Å². The molecule has 1 amide bonds. The summed E-state index contributed by atoms with van der Waals surface area (Å²) in [6, 6.07) is 7.18. The molecule has 0 spiro atoms. The molecule has 0 aromatic heterocycles. The third kappa shape index (κ3) is 2.97. The number of hydrogen-bond donors (Lipinski definition) is 1. The van der Waals surface area contributed by atoms with Gasteiger partial charge >= 0.3 is 0 Å². The van der Waals surface area contributed by atoms with Gasteiger partial charge in [0.1, 0.15) is 0 Å². The van der Waals surface area contributed by atoms with Crippen molar-refractivity contribution >= 4 is 24.1 Å². The number of carbonyl (C=O) groups excluding carboxylic acids is 2.